The van der Waals surface area contributed by atoms with Gasteiger partial charge in [-0.3, -0.25) is 0 Å². The van der Waals surface area contributed by atoms with Gasteiger partial charge in [0.2, 0.25) is 0 Å². The summed E-state index contributed by atoms with van der Waals surface area (Å²) in [6, 6.07) is 13.8. The Morgan fingerprint density at radius 3 is 2.40 bits per heavy atom. The normalized spacial score (nSPS) is 13.4. The lowest BCUT2D eigenvalue weighted by molar-refractivity contribution is -0.243. The van der Waals surface area contributed by atoms with E-state index in [0.29, 0.717) is 17.9 Å². The van der Waals surface area contributed by atoms with Gasteiger partial charge in [-0.1, -0.05) is 72.5 Å². The van der Waals surface area contributed by atoms with Crippen molar-refractivity contribution in [2.45, 2.75) is 20.5 Å². The quantitative estimate of drug-likeness (QED) is 0.749. The molecule has 3 rings (SSSR count). The van der Waals surface area contributed by atoms with Crippen molar-refractivity contribution in [1.82, 2.24) is 0 Å². The molecule has 2 aromatic rings. The Hall–Kier alpha value is -3.00. The highest BCUT2D eigenvalue weighted by molar-refractivity contribution is 5.67. The third kappa shape index (κ3) is 4.30. The molecule has 0 fully saturated rings. The minimum Gasteiger partial charge on any atom is -0.872 e. The van der Waals surface area contributed by atoms with Crippen LogP contribution in [0.2, 0.25) is 0 Å². The smallest absolute Gasteiger partial charge is 0.126 e. The first kappa shape index (κ1) is 16.8. The van der Waals surface area contributed by atoms with Crippen LogP contribution in [0.5, 0.6) is 5.75 Å². The molecular weight excluding hydrogens is 308 g/mol. The van der Waals surface area contributed by atoms with E-state index in [-0.39, 0.29) is 5.76 Å². The summed E-state index contributed by atoms with van der Waals surface area (Å²) in [4.78, 5) is 0. The molecule has 1 aliphatic rings. The van der Waals surface area contributed by atoms with Gasteiger partial charge >= 0.3 is 0 Å². The molecule has 0 saturated carbocycles. The fourth-order valence-electron chi connectivity index (χ4n) is 2.60. The third-order valence-corrected chi connectivity index (χ3v) is 4.21. The number of aryl methyl sites for hydroxylation is 2. The molecular formula is C23H21O2-. The Bertz CT molecular complexity index is 854. The summed E-state index contributed by atoms with van der Waals surface area (Å²) in [5.74, 6) is 0.580. The van der Waals surface area contributed by atoms with Crippen molar-refractivity contribution in [2.75, 3.05) is 0 Å². The Morgan fingerprint density at radius 2 is 1.68 bits per heavy atom. The molecule has 126 valence electrons. The first-order chi connectivity index (χ1) is 12.1. The standard InChI is InChI=1S/C23H22O2/c1-17-14-21(22(24)13-12-19-8-6-7-9-19)23(15-18(17)2)25-16-20-10-4-3-5-11-20/h3-15,24H,16H2,1-2H3/p-1. The lowest BCUT2D eigenvalue weighted by Crippen LogP contribution is -2.06. The van der Waals surface area contributed by atoms with E-state index in [9.17, 15) is 5.11 Å². The largest absolute Gasteiger partial charge is 0.872 e. The minimum absolute atomic E-state index is 0.0487. The second kappa shape index (κ2) is 7.71. The van der Waals surface area contributed by atoms with Crippen LogP contribution in [-0.4, -0.2) is 0 Å². The van der Waals surface area contributed by atoms with Gasteiger partial charge in [0.05, 0.1) is 0 Å². The van der Waals surface area contributed by atoms with Crippen LogP contribution in [0.3, 0.4) is 0 Å². The van der Waals surface area contributed by atoms with Crippen LogP contribution in [0.15, 0.2) is 84.5 Å². The monoisotopic (exact) mass is 329 g/mol. The number of ether oxygens (including phenoxy) is 1. The Morgan fingerprint density at radius 1 is 1.00 bits per heavy atom. The zero-order valence-corrected chi connectivity index (χ0v) is 14.5. The molecule has 0 radical (unpaired) electrons. The molecule has 1 aliphatic carbocycles. The van der Waals surface area contributed by atoms with Crippen molar-refractivity contribution in [3.63, 3.8) is 0 Å². The highest BCUT2D eigenvalue weighted by Gasteiger charge is 2.07. The summed E-state index contributed by atoms with van der Waals surface area (Å²) in [7, 11) is 0. The maximum Gasteiger partial charge on any atom is 0.126 e. The second-order valence-electron chi connectivity index (χ2n) is 6.12. The van der Waals surface area contributed by atoms with E-state index in [1.165, 1.54) is 0 Å². The van der Waals surface area contributed by atoms with Gasteiger partial charge in [-0.05, 0) is 48.2 Å². The van der Waals surface area contributed by atoms with Crippen molar-refractivity contribution >= 4 is 5.76 Å². The Balaban J connectivity index is 1.87. The number of hydrogen-bond acceptors (Lipinski definition) is 2. The summed E-state index contributed by atoms with van der Waals surface area (Å²) in [6.45, 7) is 4.48. The topological polar surface area (TPSA) is 32.3 Å². The molecule has 2 aromatic carbocycles. The maximum absolute atomic E-state index is 12.7. The predicted molar refractivity (Wildman–Crippen MR) is 101 cm³/mol. The van der Waals surface area contributed by atoms with Gasteiger partial charge in [0.15, 0.2) is 0 Å². The maximum atomic E-state index is 12.7. The number of rotatable bonds is 5. The molecule has 0 spiro atoms. The molecule has 0 amide bonds. The predicted octanol–water partition coefficient (Wildman–Crippen LogP) is 4.64. The molecule has 0 atom stereocenters. The average Bonchev–Trinajstić information content (AvgIpc) is 3.15. The third-order valence-electron chi connectivity index (χ3n) is 4.21. The van der Waals surface area contributed by atoms with E-state index in [4.69, 9.17) is 4.74 Å². The molecule has 0 N–H and O–H groups in total. The van der Waals surface area contributed by atoms with Crippen LogP contribution in [0.1, 0.15) is 22.3 Å². The van der Waals surface area contributed by atoms with Crippen molar-refractivity contribution in [2.24, 2.45) is 0 Å². The molecule has 0 unspecified atom stereocenters. The van der Waals surface area contributed by atoms with Crippen molar-refractivity contribution in [3.8, 4) is 5.75 Å². The van der Waals surface area contributed by atoms with E-state index < -0.39 is 0 Å². The van der Waals surface area contributed by atoms with Crippen molar-refractivity contribution in [3.05, 3.63) is 107 Å². The summed E-state index contributed by atoms with van der Waals surface area (Å²) >= 11 is 0. The zero-order valence-electron chi connectivity index (χ0n) is 14.5. The number of benzene rings is 2. The minimum atomic E-state index is -0.0487. The van der Waals surface area contributed by atoms with Gasteiger partial charge in [-0.15, -0.1) is 0 Å². The fraction of sp³-hybridized carbons (Fsp3) is 0.130. The van der Waals surface area contributed by atoms with Crippen LogP contribution in [-0.2, 0) is 6.61 Å². The summed E-state index contributed by atoms with van der Waals surface area (Å²) in [5, 5.41) is 12.7. The lowest BCUT2D eigenvalue weighted by atomic mass is 10.0. The van der Waals surface area contributed by atoms with Gasteiger partial charge in [-0.2, -0.15) is 0 Å². The highest BCUT2D eigenvalue weighted by atomic mass is 16.5. The van der Waals surface area contributed by atoms with Gasteiger partial charge in [-0.25, -0.2) is 0 Å². The van der Waals surface area contributed by atoms with E-state index in [2.05, 4.69) is 0 Å². The molecule has 0 bridgehead atoms. The second-order valence-corrected chi connectivity index (χ2v) is 6.12. The molecule has 0 aromatic heterocycles. The van der Waals surface area contributed by atoms with E-state index >= 15 is 0 Å². The van der Waals surface area contributed by atoms with Crippen molar-refractivity contribution in [1.29, 1.82) is 0 Å². The lowest BCUT2D eigenvalue weighted by Gasteiger charge is -2.19. The Kier molecular flexibility index (Phi) is 5.20. The van der Waals surface area contributed by atoms with Gasteiger partial charge in [0.25, 0.3) is 0 Å². The van der Waals surface area contributed by atoms with Gasteiger partial charge in [0, 0.05) is 5.56 Å². The van der Waals surface area contributed by atoms with Gasteiger partial charge in [0.1, 0.15) is 12.4 Å². The summed E-state index contributed by atoms with van der Waals surface area (Å²) in [6.07, 6.45) is 11.3. The highest BCUT2D eigenvalue weighted by Crippen LogP contribution is 2.28. The van der Waals surface area contributed by atoms with E-state index in [1.54, 1.807) is 6.08 Å². The van der Waals surface area contributed by atoms with Crippen LogP contribution >= 0.6 is 0 Å². The van der Waals surface area contributed by atoms with Crippen LogP contribution in [0.25, 0.3) is 5.76 Å². The first-order valence-electron chi connectivity index (χ1n) is 8.35. The first-order valence-corrected chi connectivity index (χ1v) is 8.35. The molecule has 0 saturated heterocycles. The molecule has 25 heavy (non-hydrogen) atoms. The molecule has 2 heteroatoms. The fourth-order valence-corrected chi connectivity index (χ4v) is 2.60. The molecule has 0 heterocycles. The van der Waals surface area contributed by atoms with Crippen molar-refractivity contribution < 1.29 is 9.84 Å². The SMILES string of the molecule is Cc1cc(OCc2ccccc2)c(C([O-])=CC=C2C=CC=C2)cc1C. The summed E-state index contributed by atoms with van der Waals surface area (Å²) in [5.41, 5.74) is 4.88. The Labute approximate surface area is 149 Å². The van der Waals surface area contributed by atoms with E-state index in [1.807, 2.05) is 86.7 Å². The number of hydrogen-bond donors (Lipinski definition) is 0. The van der Waals surface area contributed by atoms with E-state index in [0.717, 1.165) is 22.3 Å². The average molecular weight is 329 g/mol. The molecule has 0 aliphatic heterocycles. The van der Waals surface area contributed by atoms with Crippen LogP contribution in [0.4, 0.5) is 0 Å². The molecule has 2 nitrogen and oxygen atoms in total. The summed E-state index contributed by atoms with van der Waals surface area (Å²) < 4.78 is 5.96. The zero-order chi connectivity index (χ0) is 17.6. The van der Waals surface area contributed by atoms with Crippen LogP contribution < -0.4 is 9.84 Å². The van der Waals surface area contributed by atoms with Crippen LogP contribution in [0, 0.1) is 13.8 Å². The number of allylic oxidation sites excluding steroid dienone is 7. The van der Waals surface area contributed by atoms with Gasteiger partial charge < -0.3 is 9.84 Å².